The summed E-state index contributed by atoms with van der Waals surface area (Å²) in [4.78, 5) is 14.5. The zero-order valence-corrected chi connectivity index (χ0v) is 14.5. The maximum Gasteiger partial charge on any atom is 0.256 e. The molecule has 0 aliphatic carbocycles. The van der Waals surface area contributed by atoms with Crippen LogP contribution in [-0.4, -0.2) is 17.5 Å². The Morgan fingerprint density at radius 2 is 2.00 bits per heavy atom. The number of fused-ring (bicyclic) bond motifs is 1. The van der Waals surface area contributed by atoms with Crippen LogP contribution in [0, 0.1) is 5.92 Å². The van der Waals surface area contributed by atoms with Crippen LogP contribution in [0.1, 0.15) is 40.2 Å². The molecule has 0 radical (unpaired) electrons. The van der Waals surface area contributed by atoms with Crippen molar-refractivity contribution in [2.24, 2.45) is 11.8 Å². The van der Waals surface area contributed by atoms with Gasteiger partial charge in [0.25, 0.3) is 5.91 Å². The predicted octanol–water partition coefficient (Wildman–Crippen LogP) is 3.36. The molecule has 0 bridgehead atoms. The molecule has 1 heterocycles. The molecule has 1 atom stereocenters. The number of nitrogens with zero attached hydrogens (tertiary/aromatic N) is 1. The Morgan fingerprint density at radius 1 is 1.36 bits per heavy atom. The number of anilines is 1. The number of allylic oxidation sites excluding steroid dienone is 1. The minimum Gasteiger partial charge on any atom is -0.350 e. The highest BCUT2D eigenvalue weighted by molar-refractivity contribution is 6.30. The molecule has 1 aromatic carbocycles. The first kappa shape index (κ1) is 16.8. The molecule has 5 heteroatoms. The minimum atomic E-state index is -0.357. The van der Waals surface area contributed by atoms with Crippen molar-refractivity contribution in [2.75, 3.05) is 4.90 Å². The van der Waals surface area contributed by atoms with Gasteiger partial charge in [-0.25, -0.2) is 5.84 Å². The topological polar surface area (TPSA) is 58.4 Å². The van der Waals surface area contributed by atoms with Gasteiger partial charge in [-0.2, -0.15) is 0 Å². The van der Waals surface area contributed by atoms with Crippen molar-refractivity contribution >= 4 is 28.8 Å². The SMILES string of the molecule is CC1=CC(C)(C)N([C@H](C(=O)NN)C(C)C)c2ccc(Cl)cc21. The van der Waals surface area contributed by atoms with Crippen LogP contribution in [0.15, 0.2) is 24.3 Å². The van der Waals surface area contributed by atoms with E-state index in [1.54, 1.807) is 0 Å². The number of carbonyl (C=O) groups is 1. The molecular weight excluding hydrogens is 298 g/mol. The van der Waals surface area contributed by atoms with Crippen LogP contribution >= 0.6 is 11.6 Å². The molecule has 1 aliphatic rings. The number of amides is 1. The molecule has 0 unspecified atom stereocenters. The average molecular weight is 322 g/mol. The highest BCUT2D eigenvalue weighted by Gasteiger charge is 2.40. The van der Waals surface area contributed by atoms with E-state index < -0.39 is 0 Å². The van der Waals surface area contributed by atoms with Gasteiger partial charge in [-0.3, -0.25) is 10.2 Å². The van der Waals surface area contributed by atoms with Crippen molar-refractivity contribution in [3.63, 3.8) is 0 Å². The van der Waals surface area contributed by atoms with Crippen molar-refractivity contribution < 1.29 is 4.79 Å². The quantitative estimate of drug-likeness (QED) is 0.510. The third-order valence-corrected chi connectivity index (χ3v) is 4.39. The fourth-order valence-corrected chi connectivity index (χ4v) is 3.51. The first-order chi connectivity index (χ1) is 10.2. The number of halogens is 1. The van der Waals surface area contributed by atoms with Crippen LogP contribution in [-0.2, 0) is 4.79 Å². The molecule has 1 amide bonds. The first-order valence-electron chi connectivity index (χ1n) is 7.48. The summed E-state index contributed by atoms with van der Waals surface area (Å²) in [5, 5.41) is 0.690. The lowest BCUT2D eigenvalue weighted by Crippen LogP contribution is -2.59. The minimum absolute atomic E-state index is 0.109. The second kappa shape index (κ2) is 5.94. The van der Waals surface area contributed by atoms with Gasteiger partial charge in [0.1, 0.15) is 6.04 Å². The molecule has 1 aliphatic heterocycles. The van der Waals surface area contributed by atoms with Crippen molar-refractivity contribution in [3.8, 4) is 0 Å². The van der Waals surface area contributed by atoms with Crippen LogP contribution in [0.3, 0.4) is 0 Å². The Morgan fingerprint density at radius 3 is 2.55 bits per heavy atom. The van der Waals surface area contributed by atoms with Crippen molar-refractivity contribution in [2.45, 2.75) is 46.2 Å². The van der Waals surface area contributed by atoms with E-state index in [9.17, 15) is 4.79 Å². The number of carbonyl (C=O) groups excluding carboxylic acids is 1. The lowest BCUT2D eigenvalue weighted by molar-refractivity contribution is -0.123. The Bertz CT molecular complexity index is 622. The number of nitrogens with two attached hydrogens (primary N) is 1. The maximum absolute atomic E-state index is 12.4. The standard InChI is InChI=1S/C17H24ClN3O/c1-10(2)15(16(22)20-19)21-14-7-6-12(18)8-13(14)11(3)9-17(21,4)5/h6-10,15H,19H2,1-5H3,(H,20,22)/t15-/m0/s1. The highest BCUT2D eigenvalue weighted by atomic mass is 35.5. The summed E-state index contributed by atoms with van der Waals surface area (Å²) in [6.07, 6.45) is 2.17. The van der Waals surface area contributed by atoms with Crippen molar-refractivity contribution in [1.82, 2.24) is 5.43 Å². The molecule has 0 saturated heterocycles. The van der Waals surface area contributed by atoms with Gasteiger partial charge in [0, 0.05) is 16.3 Å². The summed E-state index contributed by atoms with van der Waals surface area (Å²) in [6.45, 7) is 10.3. The molecule has 2 rings (SSSR count). The molecule has 1 aromatic rings. The van der Waals surface area contributed by atoms with Gasteiger partial charge in [-0.05, 0) is 50.5 Å². The number of hydrogen-bond donors (Lipinski definition) is 2. The summed E-state index contributed by atoms with van der Waals surface area (Å²) < 4.78 is 0. The Balaban J connectivity index is 2.65. The van der Waals surface area contributed by atoms with Crippen molar-refractivity contribution in [3.05, 3.63) is 34.9 Å². The second-order valence-corrected chi connectivity index (χ2v) is 7.15. The fraction of sp³-hybridized carbons (Fsp3) is 0.471. The second-order valence-electron chi connectivity index (χ2n) is 6.71. The molecule has 4 nitrogen and oxygen atoms in total. The van der Waals surface area contributed by atoms with E-state index in [0.29, 0.717) is 5.02 Å². The fourth-order valence-electron chi connectivity index (χ4n) is 3.33. The highest BCUT2D eigenvalue weighted by Crippen LogP contribution is 2.42. The summed E-state index contributed by atoms with van der Waals surface area (Å²) in [6, 6.07) is 5.43. The first-order valence-corrected chi connectivity index (χ1v) is 7.86. The molecular formula is C17H24ClN3O. The van der Waals surface area contributed by atoms with Crippen LogP contribution in [0.25, 0.3) is 5.57 Å². The summed E-state index contributed by atoms with van der Waals surface area (Å²) in [5.41, 5.74) is 5.24. The third-order valence-electron chi connectivity index (χ3n) is 4.15. The number of benzene rings is 1. The Labute approximate surface area is 137 Å². The van der Waals surface area contributed by atoms with E-state index in [0.717, 1.165) is 16.8 Å². The van der Waals surface area contributed by atoms with E-state index in [1.165, 1.54) is 0 Å². The van der Waals surface area contributed by atoms with Gasteiger partial charge < -0.3 is 4.90 Å². The maximum atomic E-state index is 12.4. The number of hydrogen-bond acceptors (Lipinski definition) is 3. The molecule has 0 aromatic heterocycles. The average Bonchev–Trinajstić information content (AvgIpc) is 2.42. The molecule has 22 heavy (non-hydrogen) atoms. The van der Waals surface area contributed by atoms with E-state index in [2.05, 4.69) is 37.2 Å². The monoisotopic (exact) mass is 321 g/mol. The zero-order chi connectivity index (χ0) is 16.7. The van der Waals surface area contributed by atoms with Crippen LogP contribution in [0.5, 0.6) is 0 Å². The number of rotatable bonds is 3. The van der Waals surface area contributed by atoms with Gasteiger partial charge in [-0.15, -0.1) is 0 Å². The molecule has 0 fully saturated rings. The largest absolute Gasteiger partial charge is 0.350 e. The van der Waals surface area contributed by atoms with Crippen LogP contribution < -0.4 is 16.2 Å². The summed E-state index contributed by atoms with van der Waals surface area (Å²) >= 11 is 6.15. The molecule has 3 N–H and O–H groups in total. The van der Waals surface area contributed by atoms with Crippen molar-refractivity contribution in [1.29, 1.82) is 0 Å². The van der Waals surface area contributed by atoms with Gasteiger partial charge in [-0.1, -0.05) is 31.5 Å². The van der Waals surface area contributed by atoms with E-state index in [1.807, 2.05) is 32.0 Å². The number of hydrazine groups is 1. The van der Waals surface area contributed by atoms with Gasteiger partial charge in [0.2, 0.25) is 0 Å². The molecule has 0 saturated carbocycles. The lowest BCUT2D eigenvalue weighted by Gasteiger charge is -2.48. The van der Waals surface area contributed by atoms with Gasteiger partial charge >= 0.3 is 0 Å². The van der Waals surface area contributed by atoms with E-state index >= 15 is 0 Å². The normalized spacial score (nSPS) is 17.8. The molecule has 0 spiro atoms. The Hall–Kier alpha value is -1.52. The van der Waals surface area contributed by atoms with E-state index in [4.69, 9.17) is 17.4 Å². The van der Waals surface area contributed by atoms with Gasteiger partial charge in [0.15, 0.2) is 0 Å². The zero-order valence-electron chi connectivity index (χ0n) is 13.8. The van der Waals surface area contributed by atoms with E-state index in [-0.39, 0.29) is 23.4 Å². The Kier molecular flexibility index (Phi) is 4.54. The summed E-state index contributed by atoms with van der Waals surface area (Å²) in [7, 11) is 0. The smallest absolute Gasteiger partial charge is 0.256 e. The summed E-state index contributed by atoms with van der Waals surface area (Å²) in [5.74, 6) is 5.34. The number of nitrogens with one attached hydrogen (secondary N) is 1. The van der Waals surface area contributed by atoms with Crippen LogP contribution in [0.4, 0.5) is 5.69 Å². The molecule has 120 valence electrons. The van der Waals surface area contributed by atoms with Crippen LogP contribution in [0.2, 0.25) is 5.02 Å². The third kappa shape index (κ3) is 2.85. The predicted molar refractivity (Wildman–Crippen MR) is 92.6 cm³/mol. The lowest BCUT2D eigenvalue weighted by atomic mass is 9.85. The van der Waals surface area contributed by atoms with Gasteiger partial charge in [0.05, 0.1) is 5.54 Å².